The fourth-order valence-corrected chi connectivity index (χ4v) is 9.17. The fourth-order valence-electron chi connectivity index (χ4n) is 8.33. The van der Waals surface area contributed by atoms with E-state index in [1.54, 1.807) is 69.3 Å². The number of esters is 1. The number of thiazole rings is 1. The average molecular weight is 813 g/mol. The minimum absolute atomic E-state index is 0.00641. The maximum absolute atomic E-state index is 14.4. The number of fused-ring (bicyclic) bond motifs is 3. The van der Waals surface area contributed by atoms with E-state index in [4.69, 9.17) is 14.2 Å². The van der Waals surface area contributed by atoms with Crippen LogP contribution in [0, 0.1) is 17.8 Å². The second-order valence-electron chi connectivity index (χ2n) is 16.2. The van der Waals surface area contributed by atoms with Crippen LogP contribution in [0.25, 0.3) is 0 Å². The molecule has 14 nitrogen and oxygen atoms in total. The zero-order valence-electron chi connectivity index (χ0n) is 35.5. The molecule has 1 aromatic heterocycles. The molecule has 0 spiro atoms. The van der Waals surface area contributed by atoms with Gasteiger partial charge in [0.1, 0.15) is 23.2 Å². The minimum Gasteiger partial charge on any atom is -0.456 e. The maximum atomic E-state index is 14.4. The number of ether oxygens (including phenoxy) is 3. The maximum Gasteiger partial charge on any atom is 0.358 e. The van der Waals surface area contributed by atoms with E-state index >= 15 is 0 Å². The number of carbonyl (C=O) groups excluding carboxylic acids is 5. The smallest absolute Gasteiger partial charge is 0.358 e. The highest BCUT2D eigenvalue weighted by Gasteiger charge is 2.44. The quantitative estimate of drug-likeness (QED) is 0.372. The van der Waals surface area contributed by atoms with Crippen LogP contribution in [-0.4, -0.2) is 134 Å². The molecule has 2 aliphatic rings. The van der Waals surface area contributed by atoms with Crippen molar-refractivity contribution in [3.8, 4) is 0 Å². The zero-order chi connectivity index (χ0) is 42.1. The van der Waals surface area contributed by atoms with Crippen LogP contribution in [-0.2, 0) is 39.8 Å². The lowest BCUT2D eigenvalue weighted by Gasteiger charge is -2.41. The number of methoxy groups -OCH3 is 2. The Morgan fingerprint density at radius 1 is 1.00 bits per heavy atom. The van der Waals surface area contributed by atoms with Gasteiger partial charge in [0.15, 0.2) is 5.69 Å². The van der Waals surface area contributed by atoms with Gasteiger partial charge in [0.25, 0.3) is 0 Å². The summed E-state index contributed by atoms with van der Waals surface area (Å²) in [5.74, 6) is -2.97. The van der Waals surface area contributed by atoms with Crippen LogP contribution in [0.3, 0.4) is 0 Å². The van der Waals surface area contributed by atoms with Crippen LogP contribution in [0.15, 0.2) is 35.7 Å². The molecule has 1 aromatic carbocycles. The normalized spacial score (nSPS) is 29.6. The summed E-state index contributed by atoms with van der Waals surface area (Å²) in [5.41, 5.74) is 1.01. The second kappa shape index (κ2) is 20.7. The Labute approximate surface area is 342 Å². The van der Waals surface area contributed by atoms with Gasteiger partial charge in [0, 0.05) is 33.2 Å². The highest BCUT2D eigenvalue weighted by Crippen LogP contribution is 2.31. The van der Waals surface area contributed by atoms with E-state index in [1.165, 1.54) is 11.3 Å². The SMILES string of the molecule is CC[C@H](C)[C@H]1[C@H](OC)CC(=O)N2CCC[C@H]2[C@H](OC)[C@@H](C)C(=O)N[C@@H](Cc2ccccc2)c2nc(cs2)C(=O)O[C@H](C)[C@H](N(C)C)C(=O)N[C@@H](C(C)C)C(=O)N1C. The summed E-state index contributed by atoms with van der Waals surface area (Å²) in [5, 5.41) is 8.25. The molecule has 0 radical (unpaired) electrons. The molecular weight excluding hydrogens is 749 g/mol. The average Bonchev–Trinajstić information content (AvgIpc) is 3.87. The Bertz CT molecular complexity index is 1670. The van der Waals surface area contributed by atoms with Gasteiger partial charge in [-0.3, -0.25) is 24.1 Å². The largest absolute Gasteiger partial charge is 0.456 e. The Hall–Kier alpha value is -3.92. The Balaban J connectivity index is 1.79. The number of nitrogens with one attached hydrogen (secondary N) is 2. The molecule has 0 unspecified atom stereocenters. The van der Waals surface area contributed by atoms with Crippen molar-refractivity contribution in [3.63, 3.8) is 0 Å². The molecule has 4 rings (SSSR count). The van der Waals surface area contributed by atoms with E-state index in [0.717, 1.165) is 12.0 Å². The summed E-state index contributed by atoms with van der Waals surface area (Å²) in [6, 6.07) is 6.35. The van der Waals surface area contributed by atoms with Gasteiger partial charge in [-0.15, -0.1) is 11.3 Å². The number of aromatic nitrogens is 1. The van der Waals surface area contributed by atoms with Crippen LogP contribution in [0.4, 0.5) is 0 Å². The van der Waals surface area contributed by atoms with E-state index in [2.05, 4.69) is 15.6 Å². The molecular formula is C42H64N6O8S. The van der Waals surface area contributed by atoms with Crippen molar-refractivity contribution in [3.05, 3.63) is 52.0 Å². The van der Waals surface area contributed by atoms with Gasteiger partial charge in [-0.05, 0) is 57.7 Å². The molecule has 2 N–H and O–H groups in total. The molecule has 0 saturated carbocycles. The number of carbonyl (C=O) groups is 5. The van der Waals surface area contributed by atoms with E-state index in [0.29, 0.717) is 30.8 Å². The lowest BCUT2D eigenvalue weighted by molar-refractivity contribution is -0.148. The summed E-state index contributed by atoms with van der Waals surface area (Å²) < 4.78 is 17.9. The van der Waals surface area contributed by atoms with Gasteiger partial charge in [0.05, 0.1) is 42.7 Å². The molecule has 0 aliphatic carbocycles. The molecule has 4 amide bonds. The van der Waals surface area contributed by atoms with E-state index in [-0.39, 0.29) is 47.7 Å². The summed E-state index contributed by atoms with van der Waals surface area (Å²) in [7, 11) is 8.21. The molecule has 57 heavy (non-hydrogen) atoms. The van der Waals surface area contributed by atoms with Gasteiger partial charge < -0.3 is 34.6 Å². The fraction of sp³-hybridized carbons (Fsp3) is 0.667. The van der Waals surface area contributed by atoms with Gasteiger partial charge in [0.2, 0.25) is 23.6 Å². The second-order valence-corrected chi connectivity index (χ2v) is 17.0. The predicted molar refractivity (Wildman–Crippen MR) is 218 cm³/mol. The van der Waals surface area contributed by atoms with Crippen molar-refractivity contribution in [1.82, 2.24) is 30.3 Å². The number of hydrogen-bond donors (Lipinski definition) is 2. The number of benzene rings is 1. The number of cyclic esters (lactones) is 1. The van der Waals surface area contributed by atoms with Crippen molar-refractivity contribution in [2.24, 2.45) is 17.8 Å². The molecule has 2 aromatic rings. The molecule has 3 heterocycles. The van der Waals surface area contributed by atoms with Crippen LogP contribution >= 0.6 is 11.3 Å². The van der Waals surface area contributed by atoms with Gasteiger partial charge >= 0.3 is 5.97 Å². The van der Waals surface area contributed by atoms with Crippen LogP contribution < -0.4 is 10.6 Å². The van der Waals surface area contributed by atoms with Crippen molar-refractivity contribution in [1.29, 1.82) is 0 Å². The van der Waals surface area contributed by atoms with Gasteiger partial charge in [-0.25, -0.2) is 9.78 Å². The monoisotopic (exact) mass is 812 g/mol. The first-order valence-electron chi connectivity index (χ1n) is 20.1. The topological polar surface area (TPSA) is 160 Å². The van der Waals surface area contributed by atoms with Gasteiger partial charge in [-0.2, -0.15) is 0 Å². The number of likely N-dealkylation sites (N-methyl/N-ethyl adjacent to an activating group) is 2. The molecule has 15 heteroatoms. The van der Waals surface area contributed by atoms with Crippen LogP contribution in [0.5, 0.6) is 0 Å². The molecule has 1 fully saturated rings. The summed E-state index contributed by atoms with van der Waals surface area (Å²) in [6.07, 6.45) is 0.305. The van der Waals surface area contributed by atoms with Gasteiger partial charge in [-0.1, -0.05) is 71.4 Å². The summed E-state index contributed by atoms with van der Waals surface area (Å²) >= 11 is 1.23. The Morgan fingerprint density at radius 2 is 1.68 bits per heavy atom. The highest BCUT2D eigenvalue weighted by molar-refractivity contribution is 7.09. The number of amides is 4. The van der Waals surface area contributed by atoms with Crippen LogP contribution in [0.1, 0.15) is 94.3 Å². The van der Waals surface area contributed by atoms with Crippen molar-refractivity contribution >= 4 is 40.9 Å². The van der Waals surface area contributed by atoms with E-state index in [9.17, 15) is 24.0 Å². The Kier molecular flexibility index (Phi) is 16.6. The minimum atomic E-state index is -0.948. The number of rotatable bonds is 8. The van der Waals surface area contributed by atoms with E-state index in [1.807, 2.05) is 58.0 Å². The predicted octanol–water partition coefficient (Wildman–Crippen LogP) is 4.09. The molecule has 316 valence electrons. The molecule has 2 bridgehead atoms. The van der Waals surface area contributed by atoms with Crippen LogP contribution in [0.2, 0.25) is 0 Å². The third kappa shape index (κ3) is 11.0. The first-order valence-corrected chi connectivity index (χ1v) is 21.0. The molecule has 2 aliphatic heterocycles. The summed E-state index contributed by atoms with van der Waals surface area (Å²) in [6.45, 7) is 11.7. The molecule has 1 saturated heterocycles. The first-order chi connectivity index (χ1) is 27.0. The first kappa shape index (κ1) is 45.8. The lowest BCUT2D eigenvalue weighted by Crippen LogP contribution is -2.60. The van der Waals surface area contributed by atoms with Crippen molar-refractivity contribution in [2.75, 3.05) is 41.9 Å². The zero-order valence-corrected chi connectivity index (χ0v) is 36.3. The van der Waals surface area contributed by atoms with Crippen molar-refractivity contribution in [2.45, 2.75) is 122 Å². The van der Waals surface area contributed by atoms with E-state index < -0.39 is 60.3 Å². The third-order valence-electron chi connectivity index (χ3n) is 11.7. The highest BCUT2D eigenvalue weighted by atomic mass is 32.1. The summed E-state index contributed by atoms with van der Waals surface area (Å²) in [4.78, 5) is 80.3. The lowest BCUT2D eigenvalue weighted by atomic mass is 9.89. The third-order valence-corrected chi connectivity index (χ3v) is 12.6. The number of hydrogen-bond acceptors (Lipinski definition) is 11. The molecule has 10 atom stereocenters. The standard InChI is InChI=1S/C42H64N6O8S/c1-12-25(4)35-32(54-10)22-33(49)48-20-16-19-31(48)37(55-11)26(5)38(50)43-29(21-28-17-14-13-15-18-28)40-44-30(23-57-40)42(53)56-27(6)36(46(7)8)39(51)45-34(24(2)3)41(52)47(35)9/h13-15,17-18,23-27,29,31-32,34-37H,12,16,19-22H2,1-11H3,(H,43,50)(H,45,51)/t25-,26+,27+,29-,31-,32+,34-,35-,36-,37+/m0/s1. The number of nitrogens with zero attached hydrogens (tertiary/aromatic N) is 4. The Morgan fingerprint density at radius 3 is 2.28 bits per heavy atom. The van der Waals surface area contributed by atoms with Crippen molar-refractivity contribution < 1.29 is 38.2 Å².